The average molecular weight is 461 g/mol. The van der Waals surface area contributed by atoms with E-state index in [1.54, 1.807) is 13.2 Å². The van der Waals surface area contributed by atoms with Crippen LogP contribution in [0.1, 0.15) is 35.1 Å². The van der Waals surface area contributed by atoms with E-state index >= 15 is 0 Å². The number of methoxy groups -OCH3 is 1. The molecule has 31 heavy (non-hydrogen) atoms. The lowest BCUT2D eigenvalue weighted by molar-refractivity contribution is 0.281. The lowest BCUT2D eigenvalue weighted by Crippen LogP contribution is -2.44. The molecule has 0 spiro atoms. The Morgan fingerprint density at radius 2 is 1.39 bits per heavy atom. The van der Waals surface area contributed by atoms with Crippen LogP contribution >= 0.6 is 0 Å². The fourth-order valence-corrected chi connectivity index (χ4v) is 13.1. The number of hydrogen-bond acceptors (Lipinski definition) is 4. The van der Waals surface area contributed by atoms with E-state index in [4.69, 9.17) is 8.85 Å². The summed E-state index contributed by atoms with van der Waals surface area (Å²) in [5.41, 5.74) is 4.68. The van der Waals surface area contributed by atoms with Gasteiger partial charge in [0.2, 0.25) is 0 Å². The Bertz CT molecular complexity index is 780. The van der Waals surface area contributed by atoms with Gasteiger partial charge in [-0.15, -0.1) is 0 Å². The molecule has 0 heterocycles. The second-order valence-corrected chi connectivity index (χ2v) is 18.6. The Hall–Kier alpha value is -1.61. The molecule has 0 fully saturated rings. The molecule has 2 aromatic carbocycles. The minimum absolute atomic E-state index is 0.111. The van der Waals surface area contributed by atoms with Gasteiger partial charge in [-0.2, -0.15) is 0 Å². The van der Waals surface area contributed by atoms with Crippen LogP contribution in [0.25, 0.3) is 0 Å². The second kappa shape index (κ2) is 11.3. The first-order valence-electron chi connectivity index (χ1n) is 11.3. The van der Waals surface area contributed by atoms with Crippen LogP contribution in [0.15, 0.2) is 36.4 Å². The molecule has 4 nitrogen and oxygen atoms in total. The molecule has 0 aliphatic rings. The zero-order valence-electron chi connectivity index (χ0n) is 20.1. The summed E-state index contributed by atoms with van der Waals surface area (Å²) in [4.78, 5) is 0. The number of aromatic hydroxyl groups is 1. The van der Waals surface area contributed by atoms with Gasteiger partial charge in [-0.25, -0.2) is 0 Å². The Morgan fingerprint density at radius 3 is 1.94 bits per heavy atom. The summed E-state index contributed by atoms with van der Waals surface area (Å²) in [7, 11) is -1.86. The van der Waals surface area contributed by atoms with Crippen LogP contribution in [0, 0.1) is 6.92 Å². The van der Waals surface area contributed by atoms with E-state index in [1.165, 1.54) is 11.1 Å². The Morgan fingerprint density at radius 1 is 0.839 bits per heavy atom. The maximum Gasteiger partial charge on any atom is 0.173 e. The number of aliphatic hydroxyl groups is 1. The first-order chi connectivity index (χ1) is 14.5. The molecule has 0 radical (unpaired) electrons. The zero-order valence-corrected chi connectivity index (χ0v) is 22.1. The molecule has 0 saturated heterocycles. The molecule has 6 heteroatoms. The second-order valence-electron chi connectivity index (χ2n) is 9.75. The van der Waals surface area contributed by atoms with Gasteiger partial charge in [-0.3, -0.25) is 0 Å². The Balaban J connectivity index is 1.81. The number of hydrogen-bond donors (Lipinski definition) is 2. The number of ether oxygens (including phenoxy) is 1. The first-order valence-corrected chi connectivity index (χ1v) is 17.5. The molecule has 0 saturated carbocycles. The van der Waals surface area contributed by atoms with E-state index in [2.05, 4.69) is 44.4 Å². The third-order valence-corrected chi connectivity index (χ3v) is 13.4. The van der Waals surface area contributed by atoms with Crippen molar-refractivity contribution in [1.29, 1.82) is 0 Å². The summed E-state index contributed by atoms with van der Waals surface area (Å²) in [5.74, 6) is 0.730. The molecule has 0 aliphatic heterocycles. The maximum atomic E-state index is 9.75. The van der Waals surface area contributed by atoms with Crippen molar-refractivity contribution in [3.05, 3.63) is 58.7 Å². The predicted molar refractivity (Wildman–Crippen MR) is 134 cm³/mol. The lowest BCUT2D eigenvalue weighted by Gasteiger charge is -2.34. The van der Waals surface area contributed by atoms with Crippen LogP contribution in [0.2, 0.25) is 38.3 Å². The van der Waals surface area contributed by atoms with Crippen molar-refractivity contribution in [1.82, 2.24) is 0 Å². The third-order valence-electron chi connectivity index (χ3n) is 5.87. The largest absolute Gasteiger partial charge is 0.504 e. The van der Waals surface area contributed by atoms with Crippen molar-refractivity contribution in [2.75, 3.05) is 7.11 Å². The summed E-state index contributed by atoms with van der Waals surface area (Å²) >= 11 is 0. The van der Waals surface area contributed by atoms with E-state index in [0.29, 0.717) is 5.75 Å². The summed E-state index contributed by atoms with van der Waals surface area (Å²) in [6.07, 6.45) is 4.23. The number of phenolic OH excluding ortho intramolecular Hbond substituents is 1. The number of aliphatic hydroxyl groups excluding tert-OH is 1. The van der Waals surface area contributed by atoms with Crippen molar-refractivity contribution in [3.63, 3.8) is 0 Å². The first kappa shape index (κ1) is 25.7. The van der Waals surface area contributed by atoms with Gasteiger partial charge in [0.15, 0.2) is 28.1 Å². The highest BCUT2D eigenvalue weighted by atomic mass is 28.4. The zero-order chi connectivity index (χ0) is 23.1. The highest BCUT2D eigenvalue weighted by Gasteiger charge is 2.32. The lowest BCUT2D eigenvalue weighted by atomic mass is 10.0. The number of phenols is 1. The van der Waals surface area contributed by atoms with Crippen molar-refractivity contribution in [3.8, 4) is 11.5 Å². The smallest absolute Gasteiger partial charge is 0.173 e. The van der Waals surface area contributed by atoms with Crippen LogP contribution in [0.5, 0.6) is 11.5 Å². The molecular weight excluding hydrogens is 420 g/mol. The molecule has 0 atom stereocenters. The van der Waals surface area contributed by atoms with E-state index in [0.717, 1.165) is 48.9 Å². The van der Waals surface area contributed by atoms with Crippen LogP contribution in [0.4, 0.5) is 0 Å². The van der Waals surface area contributed by atoms with E-state index in [1.807, 2.05) is 19.1 Å². The number of aryl methyl sites for hydroxylation is 3. The van der Waals surface area contributed by atoms with E-state index in [-0.39, 0.29) is 12.4 Å². The Labute approximate surface area is 190 Å². The van der Waals surface area contributed by atoms with Crippen LogP contribution in [0.3, 0.4) is 0 Å². The van der Waals surface area contributed by atoms with Crippen molar-refractivity contribution in [2.45, 2.75) is 77.5 Å². The molecule has 0 bridgehead atoms. The van der Waals surface area contributed by atoms with Crippen LogP contribution in [-0.2, 0) is 23.6 Å². The van der Waals surface area contributed by atoms with Gasteiger partial charge >= 0.3 is 0 Å². The molecule has 2 N–H and O–H groups in total. The molecule has 0 aliphatic carbocycles. The topological polar surface area (TPSA) is 58.9 Å². The minimum atomic E-state index is -1.73. The van der Waals surface area contributed by atoms with Gasteiger partial charge in [0.25, 0.3) is 0 Å². The highest BCUT2D eigenvalue weighted by molar-refractivity contribution is 6.84. The van der Waals surface area contributed by atoms with Crippen LogP contribution in [-0.4, -0.2) is 34.0 Å². The van der Waals surface area contributed by atoms with Gasteiger partial charge in [0.1, 0.15) is 0 Å². The van der Waals surface area contributed by atoms with Crippen molar-refractivity contribution >= 4 is 16.6 Å². The highest BCUT2D eigenvalue weighted by Crippen LogP contribution is 2.29. The SMILES string of the molecule is COc1cc(CCC[Si](C)(C)O[Si](C)(C)CCCc2ccc(C)c(CO)c2)ccc1O. The predicted octanol–water partition coefficient (Wildman–Crippen LogP) is 6.19. The summed E-state index contributed by atoms with van der Waals surface area (Å²) < 4.78 is 12.0. The molecule has 0 aromatic heterocycles. The molecule has 2 rings (SSSR count). The summed E-state index contributed by atoms with van der Waals surface area (Å²) in [5, 5.41) is 19.2. The van der Waals surface area contributed by atoms with Gasteiger partial charge in [0.05, 0.1) is 13.7 Å². The summed E-state index contributed by atoms with van der Waals surface area (Å²) in [6, 6.07) is 14.3. The molecule has 172 valence electrons. The molecule has 0 amide bonds. The normalized spacial score (nSPS) is 12.2. The molecule has 0 unspecified atom stereocenters. The maximum absolute atomic E-state index is 9.75. The monoisotopic (exact) mass is 460 g/mol. The number of rotatable bonds is 12. The summed E-state index contributed by atoms with van der Waals surface area (Å²) in [6.45, 7) is 11.5. The average Bonchev–Trinajstić information content (AvgIpc) is 2.69. The fourth-order valence-electron chi connectivity index (χ4n) is 4.21. The minimum Gasteiger partial charge on any atom is -0.504 e. The third kappa shape index (κ3) is 8.45. The fraction of sp³-hybridized carbons (Fsp3) is 0.520. The van der Waals surface area contributed by atoms with Crippen molar-refractivity contribution < 1.29 is 19.1 Å². The van der Waals surface area contributed by atoms with Crippen molar-refractivity contribution in [2.24, 2.45) is 0 Å². The molecule has 2 aromatic rings. The van der Waals surface area contributed by atoms with Gasteiger partial charge in [-0.05, 0) is 105 Å². The quantitative estimate of drug-likeness (QED) is 0.371. The van der Waals surface area contributed by atoms with Gasteiger partial charge in [0, 0.05) is 0 Å². The Kier molecular flexibility index (Phi) is 9.36. The van der Waals surface area contributed by atoms with E-state index in [9.17, 15) is 10.2 Å². The number of benzene rings is 2. The van der Waals surface area contributed by atoms with Gasteiger partial charge < -0.3 is 19.1 Å². The van der Waals surface area contributed by atoms with Gasteiger partial charge in [-0.1, -0.05) is 24.3 Å². The standard InChI is InChI=1S/C25H40O4Si2/c1-20-11-12-21(17-23(20)19-26)9-7-15-30(3,4)29-31(5,6)16-8-10-22-13-14-24(27)25(18-22)28-2/h11-14,17-18,26-27H,7-10,15-16,19H2,1-6H3. The molecular formula is C25H40O4Si2. The van der Waals surface area contributed by atoms with Crippen LogP contribution < -0.4 is 4.74 Å². The van der Waals surface area contributed by atoms with E-state index < -0.39 is 16.6 Å².